The fraction of sp³-hybridized carbons (Fsp3) is 0.556. The van der Waals surface area contributed by atoms with Gasteiger partial charge in [0.15, 0.2) is 0 Å². The van der Waals surface area contributed by atoms with Crippen molar-refractivity contribution in [3.63, 3.8) is 0 Å². The molecular formula is C36H50N6O9. The van der Waals surface area contributed by atoms with Gasteiger partial charge in [-0.3, -0.25) is 24.0 Å². The van der Waals surface area contributed by atoms with Crippen molar-refractivity contribution in [1.29, 1.82) is 0 Å². The largest absolute Gasteiger partial charge is 0.481 e. The Hall–Kier alpha value is -4.60. The van der Waals surface area contributed by atoms with Crippen molar-refractivity contribution in [2.24, 2.45) is 5.92 Å². The second kappa shape index (κ2) is 20.9. The number of nitrogens with zero attached hydrogens (tertiary/aromatic N) is 2. The Kier molecular flexibility index (Phi) is 16.1. The van der Waals surface area contributed by atoms with Gasteiger partial charge >= 0.3 is 5.97 Å². The van der Waals surface area contributed by atoms with Crippen LogP contribution in [-0.4, -0.2) is 115 Å². The number of likely N-dealkylation sites (tertiary alicyclic amines) is 1. The number of aliphatic hydroxyl groups is 1. The molecule has 1 unspecified atom stereocenters. The molecule has 3 heterocycles. The molecule has 15 nitrogen and oxygen atoms in total. The lowest BCUT2D eigenvalue weighted by molar-refractivity contribution is -0.137. The van der Waals surface area contributed by atoms with Gasteiger partial charge in [-0.15, -0.1) is 0 Å². The number of hydrogen-bond donors (Lipinski definition) is 6. The summed E-state index contributed by atoms with van der Waals surface area (Å²) in [6.07, 6.45) is 5.48. The van der Waals surface area contributed by atoms with Gasteiger partial charge in [-0.25, -0.2) is 4.98 Å². The molecule has 0 saturated carbocycles. The average Bonchev–Trinajstić information content (AvgIpc) is 3.13. The van der Waals surface area contributed by atoms with Crippen LogP contribution in [0.15, 0.2) is 36.4 Å². The maximum Gasteiger partial charge on any atom is 0.303 e. The number of aliphatic carboxylic acids is 1. The first kappa shape index (κ1) is 39.2. The molecule has 4 rings (SSSR count). The molecular weight excluding hydrogens is 660 g/mol. The van der Waals surface area contributed by atoms with Gasteiger partial charge in [0.05, 0.1) is 32.8 Å². The smallest absolute Gasteiger partial charge is 0.303 e. The maximum absolute atomic E-state index is 13.0. The third-order valence-electron chi connectivity index (χ3n) is 8.94. The number of hydrogen-bond acceptors (Lipinski definition) is 10. The number of aliphatic hydroxyl groups excluding tert-OH is 1. The summed E-state index contributed by atoms with van der Waals surface area (Å²) in [7, 11) is 0. The van der Waals surface area contributed by atoms with Gasteiger partial charge in [0.2, 0.25) is 23.6 Å². The van der Waals surface area contributed by atoms with Gasteiger partial charge in [-0.2, -0.15) is 0 Å². The van der Waals surface area contributed by atoms with E-state index in [0.29, 0.717) is 44.0 Å². The molecule has 0 radical (unpaired) electrons. The zero-order valence-corrected chi connectivity index (χ0v) is 29.0. The van der Waals surface area contributed by atoms with Crippen molar-refractivity contribution in [2.45, 2.75) is 57.3 Å². The first-order chi connectivity index (χ1) is 24.7. The predicted octanol–water partition coefficient (Wildman–Crippen LogP) is 1.46. The van der Waals surface area contributed by atoms with Crippen LogP contribution in [0.2, 0.25) is 0 Å². The Bertz CT molecular complexity index is 1460. The van der Waals surface area contributed by atoms with Crippen molar-refractivity contribution in [1.82, 2.24) is 20.5 Å². The standard InChI is InChI=1S/C36H50N6O9/c43-17-14-37-31(44)22-39-32(45)23-50-18-19-51-24-33(46)40-29-6-3-26(4-7-29)28(21-35(48)49)20-25-11-15-42(16-12-25)34(47)10-9-30-8-5-27-2-1-13-38-36(27)41-30/h3-8,25,28,43H,1-2,9-24H2,(H,37,44)(H,38,41)(H,39,45)(H,40,46)(H,48,49). The minimum absolute atomic E-state index is 0.00891. The van der Waals surface area contributed by atoms with Crippen LogP contribution < -0.4 is 21.3 Å². The van der Waals surface area contributed by atoms with Crippen LogP contribution in [0.25, 0.3) is 0 Å². The summed E-state index contributed by atoms with van der Waals surface area (Å²) in [5.74, 6) is -1.00. The quantitative estimate of drug-likeness (QED) is 0.108. The van der Waals surface area contributed by atoms with E-state index >= 15 is 0 Å². The fourth-order valence-corrected chi connectivity index (χ4v) is 6.24. The second-order valence-corrected chi connectivity index (χ2v) is 12.8. The van der Waals surface area contributed by atoms with Crippen LogP contribution in [-0.2, 0) is 46.3 Å². The van der Waals surface area contributed by atoms with E-state index in [1.807, 2.05) is 23.1 Å². The van der Waals surface area contributed by atoms with Crippen LogP contribution in [0, 0.1) is 5.92 Å². The summed E-state index contributed by atoms with van der Waals surface area (Å²) in [5, 5.41) is 29.2. The third-order valence-corrected chi connectivity index (χ3v) is 8.94. The number of rotatable bonds is 20. The lowest BCUT2D eigenvalue weighted by Gasteiger charge is -2.33. The van der Waals surface area contributed by atoms with Gasteiger partial charge in [0.25, 0.3) is 0 Å². The number of piperidine rings is 1. The van der Waals surface area contributed by atoms with Gasteiger partial charge in [0, 0.05) is 44.0 Å². The number of carboxylic acid groups (broad SMARTS) is 1. The molecule has 1 aromatic heterocycles. The number of ether oxygens (including phenoxy) is 2. The van der Waals surface area contributed by atoms with Gasteiger partial charge in [0.1, 0.15) is 19.0 Å². The number of anilines is 2. The zero-order valence-electron chi connectivity index (χ0n) is 29.0. The molecule has 0 aliphatic carbocycles. The summed E-state index contributed by atoms with van der Waals surface area (Å²) < 4.78 is 10.5. The van der Waals surface area contributed by atoms with E-state index in [1.165, 1.54) is 5.56 Å². The average molecular weight is 711 g/mol. The summed E-state index contributed by atoms with van der Waals surface area (Å²) in [5.41, 5.74) is 3.58. The monoisotopic (exact) mass is 710 g/mol. The molecule has 278 valence electrons. The minimum Gasteiger partial charge on any atom is -0.481 e. The normalized spacial score (nSPS) is 14.9. The molecule has 1 aromatic carbocycles. The molecule has 1 atom stereocenters. The highest BCUT2D eigenvalue weighted by atomic mass is 16.5. The van der Waals surface area contributed by atoms with Crippen LogP contribution >= 0.6 is 0 Å². The molecule has 51 heavy (non-hydrogen) atoms. The van der Waals surface area contributed by atoms with Gasteiger partial charge < -0.3 is 45.9 Å². The van der Waals surface area contributed by atoms with E-state index in [4.69, 9.17) is 19.6 Å². The number of fused-ring (bicyclic) bond motifs is 1. The van der Waals surface area contributed by atoms with Crippen LogP contribution in [0.4, 0.5) is 11.5 Å². The third kappa shape index (κ3) is 13.9. The van der Waals surface area contributed by atoms with Crippen molar-refractivity contribution < 1.29 is 43.7 Å². The van der Waals surface area contributed by atoms with Crippen molar-refractivity contribution >= 4 is 41.1 Å². The Morgan fingerprint density at radius 2 is 1.67 bits per heavy atom. The molecule has 0 spiro atoms. The van der Waals surface area contributed by atoms with E-state index in [1.54, 1.807) is 12.1 Å². The topological polar surface area (TPSA) is 209 Å². The molecule has 15 heteroatoms. The Balaban J connectivity index is 1.12. The highest BCUT2D eigenvalue weighted by molar-refractivity contribution is 5.91. The maximum atomic E-state index is 13.0. The summed E-state index contributed by atoms with van der Waals surface area (Å²) in [6, 6.07) is 11.3. The van der Waals surface area contributed by atoms with Crippen LogP contribution in [0.1, 0.15) is 61.3 Å². The second-order valence-electron chi connectivity index (χ2n) is 12.8. The Morgan fingerprint density at radius 1 is 0.941 bits per heavy atom. The summed E-state index contributed by atoms with van der Waals surface area (Å²) in [4.78, 5) is 66.8. The number of benzene rings is 1. The van der Waals surface area contributed by atoms with E-state index in [0.717, 1.165) is 49.3 Å². The molecule has 2 aromatic rings. The number of pyridine rings is 1. The first-order valence-electron chi connectivity index (χ1n) is 17.6. The number of carbonyl (C=O) groups excluding carboxylic acids is 4. The van der Waals surface area contributed by atoms with Gasteiger partial charge in [-0.05, 0) is 79.7 Å². The molecule has 1 saturated heterocycles. The van der Waals surface area contributed by atoms with Crippen molar-refractivity contribution in [3.8, 4) is 0 Å². The number of aryl methyl sites for hydroxylation is 2. The summed E-state index contributed by atoms with van der Waals surface area (Å²) >= 11 is 0. The molecule has 2 aliphatic heterocycles. The number of amides is 4. The van der Waals surface area contributed by atoms with E-state index in [2.05, 4.69) is 27.3 Å². The predicted molar refractivity (Wildman–Crippen MR) is 188 cm³/mol. The van der Waals surface area contributed by atoms with E-state index in [9.17, 15) is 29.1 Å². The molecule has 1 fully saturated rings. The van der Waals surface area contributed by atoms with E-state index < -0.39 is 17.8 Å². The van der Waals surface area contributed by atoms with Crippen LogP contribution in [0.3, 0.4) is 0 Å². The number of aromatic nitrogens is 1. The van der Waals surface area contributed by atoms with E-state index in [-0.39, 0.29) is 70.3 Å². The van der Waals surface area contributed by atoms with Gasteiger partial charge in [-0.1, -0.05) is 18.2 Å². The fourth-order valence-electron chi connectivity index (χ4n) is 6.24. The zero-order chi connectivity index (χ0) is 36.4. The number of nitrogens with one attached hydrogen (secondary N) is 4. The highest BCUT2D eigenvalue weighted by Gasteiger charge is 2.27. The lowest BCUT2D eigenvalue weighted by atomic mass is 9.82. The number of carboxylic acids is 1. The highest BCUT2D eigenvalue weighted by Crippen LogP contribution is 2.33. The summed E-state index contributed by atoms with van der Waals surface area (Å²) in [6.45, 7) is 1.57. The Morgan fingerprint density at radius 3 is 2.37 bits per heavy atom. The molecule has 2 aliphatic rings. The minimum atomic E-state index is -0.876. The van der Waals surface area contributed by atoms with Crippen molar-refractivity contribution in [2.75, 3.05) is 76.4 Å². The van der Waals surface area contributed by atoms with Crippen LogP contribution in [0.5, 0.6) is 0 Å². The lowest BCUT2D eigenvalue weighted by Crippen LogP contribution is -2.39. The molecule has 6 N–H and O–H groups in total. The Labute approximate surface area is 297 Å². The molecule has 0 bridgehead atoms. The number of carbonyl (C=O) groups is 5. The SMILES string of the molecule is O=C(O)CC(CC1CCN(C(=O)CCc2ccc3c(n2)NCCC3)CC1)c1ccc(NC(=O)COCCOCC(=O)NCC(=O)NCCO)cc1. The van der Waals surface area contributed by atoms with Crippen molar-refractivity contribution in [3.05, 3.63) is 53.2 Å². The first-order valence-corrected chi connectivity index (χ1v) is 17.6. The molecule has 4 amide bonds.